The van der Waals surface area contributed by atoms with Crippen molar-refractivity contribution >= 4 is 5.69 Å². The average molecular weight is 220 g/mol. The fraction of sp³-hybridized carbons (Fsp3) is 0.417. The maximum Gasteiger partial charge on any atom is 0.121 e. The van der Waals surface area contributed by atoms with Crippen LogP contribution in [-0.4, -0.2) is 33.2 Å². The Morgan fingerprint density at radius 1 is 1.50 bits per heavy atom. The Labute approximate surface area is 99.6 Å². The first kappa shape index (κ1) is 7.53. The minimum atomic E-state index is -2.48. The van der Waals surface area contributed by atoms with E-state index in [1.54, 1.807) is 12.1 Å². The normalized spacial score (nSPS) is 19.2. The number of nitrogens with zero attached hydrogens (tertiary/aromatic N) is 2. The summed E-state index contributed by atoms with van der Waals surface area (Å²) in [6, 6.07) is 6.85. The molecule has 1 aliphatic heterocycles. The molecular weight excluding hydrogens is 202 g/mol. The second kappa shape index (κ2) is 4.86. The molecule has 0 unspecified atom stereocenters. The maximum atomic E-state index is 9.13. The monoisotopic (exact) mass is 220 g/mol. The molecular formula is C12H15N3O. The van der Waals surface area contributed by atoms with E-state index in [9.17, 15) is 0 Å². The Bertz CT molecular complexity index is 490. The smallest absolute Gasteiger partial charge is 0.121 e. The number of benzene rings is 1. The molecule has 1 saturated heterocycles. The van der Waals surface area contributed by atoms with Crippen LogP contribution in [0.2, 0.25) is 0 Å². The quantitative estimate of drug-likeness (QED) is 0.807. The van der Waals surface area contributed by atoms with Crippen LogP contribution in [-0.2, 0) is 0 Å². The van der Waals surface area contributed by atoms with Gasteiger partial charge in [-0.15, -0.1) is 0 Å². The molecule has 2 rings (SSSR count). The number of methoxy groups -OCH3 is 1. The van der Waals surface area contributed by atoms with Gasteiger partial charge in [-0.1, -0.05) is 0 Å². The van der Waals surface area contributed by atoms with E-state index in [2.05, 4.69) is 16.3 Å². The van der Waals surface area contributed by atoms with Gasteiger partial charge in [0.05, 0.1) is 22.4 Å². The summed E-state index contributed by atoms with van der Waals surface area (Å²) >= 11 is 0. The lowest BCUT2D eigenvalue weighted by Crippen LogP contribution is -2.43. The number of nitrogens with one attached hydrogen (secondary N) is 1. The molecule has 1 aliphatic rings. The van der Waals surface area contributed by atoms with Gasteiger partial charge in [-0.25, -0.2) is 0 Å². The summed E-state index contributed by atoms with van der Waals surface area (Å²) in [4.78, 5) is 2.06. The molecule has 16 heavy (non-hydrogen) atoms. The molecule has 0 atom stereocenters. The van der Waals surface area contributed by atoms with Gasteiger partial charge >= 0.3 is 0 Å². The zero-order chi connectivity index (χ0) is 13.9. The van der Waals surface area contributed by atoms with Crippen molar-refractivity contribution in [2.45, 2.75) is 0 Å². The predicted molar refractivity (Wildman–Crippen MR) is 62.8 cm³/mol. The summed E-state index contributed by atoms with van der Waals surface area (Å²) in [6.07, 6.45) is 0. The van der Waals surface area contributed by atoms with E-state index in [1.165, 1.54) is 6.07 Å². The van der Waals surface area contributed by atoms with Crippen LogP contribution < -0.4 is 15.0 Å². The highest BCUT2D eigenvalue weighted by Crippen LogP contribution is 2.25. The van der Waals surface area contributed by atoms with Gasteiger partial charge in [0.1, 0.15) is 11.8 Å². The number of hydrogen-bond acceptors (Lipinski definition) is 4. The van der Waals surface area contributed by atoms with Crippen LogP contribution >= 0.6 is 0 Å². The van der Waals surface area contributed by atoms with Crippen molar-refractivity contribution in [1.29, 1.82) is 5.26 Å². The van der Waals surface area contributed by atoms with Gasteiger partial charge in [0.25, 0.3) is 0 Å². The topological polar surface area (TPSA) is 48.3 Å². The highest BCUT2D eigenvalue weighted by molar-refractivity contribution is 5.62. The average Bonchev–Trinajstić information content (AvgIpc) is 2.38. The molecule has 0 amide bonds. The fourth-order valence-electron chi connectivity index (χ4n) is 1.84. The Balaban J connectivity index is 2.28. The Kier molecular flexibility index (Phi) is 2.29. The molecule has 0 spiro atoms. The van der Waals surface area contributed by atoms with Crippen LogP contribution in [0.25, 0.3) is 0 Å². The van der Waals surface area contributed by atoms with Gasteiger partial charge in [-0.05, 0) is 12.1 Å². The molecule has 0 saturated carbocycles. The van der Waals surface area contributed by atoms with E-state index in [0.29, 0.717) is 5.56 Å². The third kappa shape index (κ3) is 2.10. The first-order valence-corrected chi connectivity index (χ1v) is 5.18. The summed E-state index contributed by atoms with van der Waals surface area (Å²) in [6.45, 7) is 3.25. The first-order chi connectivity index (χ1) is 8.99. The SMILES string of the molecule is [2H]C([2H])([2H])Oc1ccc(C#N)c(N2CCNCC2)c1. The first-order valence-electron chi connectivity index (χ1n) is 6.68. The lowest BCUT2D eigenvalue weighted by atomic mass is 10.1. The number of piperazine rings is 1. The van der Waals surface area contributed by atoms with E-state index < -0.39 is 7.04 Å². The highest BCUT2D eigenvalue weighted by atomic mass is 16.5. The Morgan fingerprint density at radius 3 is 3.00 bits per heavy atom. The summed E-state index contributed by atoms with van der Waals surface area (Å²) in [5, 5.41) is 12.4. The molecule has 1 aromatic carbocycles. The number of ether oxygens (including phenoxy) is 1. The Morgan fingerprint density at radius 2 is 2.31 bits per heavy atom. The van der Waals surface area contributed by atoms with Crippen molar-refractivity contribution in [2.24, 2.45) is 0 Å². The molecule has 0 radical (unpaired) electrons. The minimum absolute atomic E-state index is 0.257. The summed E-state index contributed by atoms with van der Waals surface area (Å²) in [5.74, 6) is 0.257. The van der Waals surface area contributed by atoms with Crippen LogP contribution in [0.4, 0.5) is 5.69 Å². The largest absolute Gasteiger partial charge is 0.497 e. The van der Waals surface area contributed by atoms with Gasteiger partial charge in [-0.3, -0.25) is 0 Å². The standard InChI is InChI=1S/C12H15N3O/c1-16-11-3-2-10(9-13)12(8-11)15-6-4-14-5-7-15/h2-3,8,14H,4-7H2,1H3/i1D3. The van der Waals surface area contributed by atoms with Crippen molar-refractivity contribution in [3.63, 3.8) is 0 Å². The van der Waals surface area contributed by atoms with Gasteiger partial charge in [0.15, 0.2) is 0 Å². The van der Waals surface area contributed by atoms with E-state index >= 15 is 0 Å². The molecule has 0 bridgehead atoms. The van der Waals surface area contributed by atoms with Gasteiger partial charge < -0.3 is 15.0 Å². The van der Waals surface area contributed by atoms with Crippen molar-refractivity contribution in [3.05, 3.63) is 23.8 Å². The second-order valence-electron chi connectivity index (χ2n) is 3.63. The van der Waals surface area contributed by atoms with Crippen molar-refractivity contribution in [1.82, 2.24) is 5.32 Å². The lowest BCUT2D eigenvalue weighted by molar-refractivity contribution is 0.414. The zero-order valence-electron chi connectivity index (χ0n) is 11.9. The minimum Gasteiger partial charge on any atom is -0.497 e. The van der Waals surface area contributed by atoms with Gasteiger partial charge in [0, 0.05) is 32.2 Å². The molecule has 84 valence electrons. The van der Waals surface area contributed by atoms with Crippen molar-refractivity contribution in [2.75, 3.05) is 38.1 Å². The maximum absolute atomic E-state index is 9.13. The molecule has 4 nitrogen and oxygen atoms in total. The Hall–Kier alpha value is -1.73. The molecule has 1 N–H and O–H groups in total. The molecule has 1 heterocycles. The van der Waals surface area contributed by atoms with Crippen LogP contribution in [0.1, 0.15) is 9.68 Å². The molecule has 1 aromatic rings. The second-order valence-corrected chi connectivity index (χ2v) is 3.63. The lowest BCUT2D eigenvalue weighted by Gasteiger charge is -2.30. The van der Waals surface area contributed by atoms with Gasteiger partial charge in [-0.2, -0.15) is 5.26 Å². The van der Waals surface area contributed by atoms with E-state index in [4.69, 9.17) is 14.1 Å². The third-order valence-corrected chi connectivity index (χ3v) is 2.67. The van der Waals surface area contributed by atoms with Gasteiger partial charge in [0.2, 0.25) is 0 Å². The van der Waals surface area contributed by atoms with E-state index in [1.807, 2.05) is 0 Å². The van der Waals surface area contributed by atoms with E-state index in [-0.39, 0.29) is 5.75 Å². The fourth-order valence-corrected chi connectivity index (χ4v) is 1.84. The van der Waals surface area contributed by atoms with Crippen molar-refractivity contribution in [3.8, 4) is 11.8 Å². The molecule has 0 aromatic heterocycles. The zero-order valence-corrected chi connectivity index (χ0v) is 8.86. The van der Waals surface area contributed by atoms with Crippen LogP contribution in [0.15, 0.2) is 18.2 Å². The number of hydrogen-bond donors (Lipinski definition) is 1. The third-order valence-electron chi connectivity index (χ3n) is 2.67. The molecule has 1 fully saturated rings. The predicted octanol–water partition coefficient (Wildman–Crippen LogP) is 0.976. The van der Waals surface area contributed by atoms with Crippen LogP contribution in [0, 0.1) is 11.3 Å². The molecule has 0 aliphatic carbocycles. The summed E-state index contributed by atoms with van der Waals surface area (Å²) < 4.78 is 26.2. The summed E-state index contributed by atoms with van der Waals surface area (Å²) in [5.41, 5.74) is 1.26. The summed E-state index contributed by atoms with van der Waals surface area (Å²) in [7, 11) is -2.48. The number of rotatable bonds is 2. The number of anilines is 1. The highest BCUT2D eigenvalue weighted by Gasteiger charge is 2.14. The van der Waals surface area contributed by atoms with Crippen LogP contribution in [0.5, 0.6) is 5.75 Å². The molecule has 4 heteroatoms. The van der Waals surface area contributed by atoms with E-state index in [0.717, 1.165) is 31.9 Å². The number of nitriles is 1. The van der Waals surface area contributed by atoms with Crippen LogP contribution in [0.3, 0.4) is 0 Å². The van der Waals surface area contributed by atoms with Crippen molar-refractivity contribution < 1.29 is 8.85 Å².